The van der Waals surface area contributed by atoms with Crippen molar-refractivity contribution in [3.8, 4) is 0 Å². The van der Waals surface area contributed by atoms with E-state index in [1.165, 1.54) is 7.11 Å². The molecule has 1 heterocycles. The number of methoxy groups -OCH3 is 1. The lowest BCUT2D eigenvalue weighted by atomic mass is 10.2. The molecule has 2 unspecified atom stereocenters. The first kappa shape index (κ1) is 14.7. The first-order valence-electron chi connectivity index (χ1n) is 5.80. The molecule has 1 aromatic rings. The summed E-state index contributed by atoms with van der Waals surface area (Å²) < 4.78 is 10.3. The second kappa shape index (κ2) is 7.15. The summed E-state index contributed by atoms with van der Waals surface area (Å²) in [6, 6.07) is 3.69. The van der Waals surface area contributed by atoms with Crippen molar-refractivity contribution in [3.63, 3.8) is 0 Å². The van der Waals surface area contributed by atoms with Gasteiger partial charge in [0.05, 0.1) is 12.3 Å². The summed E-state index contributed by atoms with van der Waals surface area (Å²) in [5, 5.41) is 2.81. The molecule has 0 fully saturated rings. The van der Waals surface area contributed by atoms with E-state index in [0.29, 0.717) is 6.54 Å². The topological polar surface area (TPSA) is 80.7 Å². The Balaban J connectivity index is 2.56. The van der Waals surface area contributed by atoms with E-state index < -0.39 is 6.10 Å². The van der Waals surface area contributed by atoms with Crippen molar-refractivity contribution in [2.75, 3.05) is 34.3 Å². The highest BCUT2D eigenvalue weighted by atomic mass is 16.5. The van der Waals surface area contributed by atoms with Crippen LogP contribution >= 0.6 is 0 Å². The quantitative estimate of drug-likeness (QED) is 0.715. The summed E-state index contributed by atoms with van der Waals surface area (Å²) in [6.45, 7) is 0.606. The summed E-state index contributed by atoms with van der Waals surface area (Å²) in [6.07, 6.45) is 1.01. The van der Waals surface area contributed by atoms with Gasteiger partial charge < -0.3 is 20.2 Å². The van der Waals surface area contributed by atoms with Gasteiger partial charge in [0.25, 0.3) is 5.91 Å². The number of nitrogens with zero attached hydrogens (tertiary/aromatic N) is 1. The molecule has 3 N–H and O–H groups in total. The minimum absolute atomic E-state index is 0.0146. The fraction of sp³-hybridized carbons (Fsp3) is 0.583. The average molecular weight is 255 g/mol. The van der Waals surface area contributed by atoms with Gasteiger partial charge in [0, 0.05) is 20.2 Å². The number of ether oxygens (including phenoxy) is 1. The number of amides is 1. The van der Waals surface area contributed by atoms with Crippen molar-refractivity contribution >= 4 is 5.91 Å². The van der Waals surface area contributed by atoms with E-state index in [-0.39, 0.29) is 18.5 Å². The molecular formula is C12H21N3O3. The molecule has 0 bridgehead atoms. The summed E-state index contributed by atoms with van der Waals surface area (Å²) >= 11 is 0. The number of furan rings is 1. The molecule has 6 nitrogen and oxygen atoms in total. The molecule has 0 aliphatic heterocycles. The predicted octanol–water partition coefficient (Wildman–Crippen LogP) is -0.0278. The number of carbonyl (C=O) groups is 1. The van der Waals surface area contributed by atoms with Crippen LogP contribution in [0, 0.1) is 0 Å². The molecule has 0 saturated carbocycles. The van der Waals surface area contributed by atoms with Crippen LogP contribution in [0.1, 0.15) is 11.8 Å². The van der Waals surface area contributed by atoms with Crippen LogP contribution in [0.4, 0.5) is 0 Å². The van der Waals surface area contributed by atoms with Gasteiger partial charge in [0.1, 0.15) is 11.9 Å². The van der Waals surface area contributed by atoms with E-state index in [9.17, 15) is 4.79 Å². The van der Waals surface area contributed by atoms with E-state index in [2.05, 4.69) is 5.32 Å². The van der Waals surface area contributed by atoms with E-state index in [1.54, 1.807) is 6.26 Å². The minimum Gasteiger partial charge on any atom is -0.468 e. The van der Waals surface area contributed by atoms with Crippen LogP contribution in [0.5, 0.6) is 0 Å². The van der Waals surface area contributed by atoms with Gasteiger partial charge in [-0.2, -0.15) is 0 Å². The van der Waals surface area contributed by atoms with Crippen LogP contribution in [-0.4, -0.2) is 51.2 Å². The van der Waals surface area contributed by atoms with Crippen LogP contribution in [0.25, 0.3) is 0 Å². The van der Waals surface area contributed by atoms with Crippen molar-refractivity contribution in [2.24, 2.45) is 5.73 Å². The maximum atomic E-state index is 11.7. The molecule has 1 rings (SSSR count). The number of carbonyl (C=O) groups excluding carboxylic acids is 1. The normalized spacial score (nSPS) is 14.5. The molecular weight excluding hydrogens is 234 g/mol. The third-order valence-electron chi connectivity index (χ3n) is 2.76. The van der Waals surface area contributed by atoms with Crippen molar-refractivity contribution in [3.05, 3.63) is 24.2 Å². The lowest BCUT2D eigenvalue weighted by molar-refractivity contribution is -0.130. The van der Waals surface area contributed by atoms with Gasteiger partial charge in [0.2, 0.25) is 0 Å². The molecule has 2 atom stereocenters. The van der Waals surface area contributed by atoms with Crippen LogP contribution in [-0.2, 0) is 9.53 Å². The van der Waals surface area contributed by atoms with Crippen LogP contribution in [0.2, 0.25) is 0 Å². The zero-order chi connectivity index (χ0) is 13.5. The summed E-state index contributed by atoms with van der Waals surface area (Å²) in [5.41, 5.74) is 5.43. The molecule has 0 spiro atoms. The Kier molecular flexibility index (Phi) is 5.84. The lowest BCUT2D eigenvalue weighted by Gasteiger charge is -2.23. The first-order chi connectivity index (χ1) is 8.60. The zero-order valence-corrected chi connectivity index (χ0v) is 11.1. The molecule has 18 heavy (non-hydrogen) atoms. The molecule has 1 aromatic heterocycles. The highest BCUT2D eigenvalue weighted by Gasteiger charge is 2.21. The van der Waals surface area contributed by atoms with Gasteiger partial charge in [-0.25, -0.2) is 0 Å². The second-order valence-corrected chi connectivity index (χ2v) is 4.20. The van der Waals surface area contributed by atoms with Crippen molar-refractivity contribution in [2.45, 2.75) is 12.1 Å². The van der Waals surface area contributed by atoms with Gasteiger partial charge in [0.15, 0.2) is 0 Å². The van der Waals surface area contributed by atoms with Crippen LogP contribution in [0.3, 0.4) is 0 Å². The summed E-state index contributed by atoms with van der Waals surface area (Å²) in [7, 11) is 5.32. The van der Waals surface area contributed by atoms with Gasteiger partial charge in [-0.05, 0) is 26.2 Å². The molecule has 1 amide bonds. The van der Waals surface area contributed by atoms with Gasteiger partial charge in [-0.15, -0.1) is 0 Å². The first-order valence-corrected chi connectivity index (χ1v) is 5.80. The Morgan fingerprint density at radius 2 is 2.33 bits per heavy atom. The monoisotopic (exact) mass is 255 g/mol. The standard InChI is InChI=1S/C12H21N3O3/c1-15(2)9(10-5-4-6-18-10)8-14-12(16)11(7-13)17-3/h4-6,9,11H,7-8,13H2,1-3H3,(H,14,16). The molecule has 0 aliphatic carbocycles. The number of hydrogen-bond donors (Lipinski definition) is 2. The van der Waals surface area contributed by atoms with Crippen molar-refractivity contribution < 1.29 is 13.9 Å². The average Bonchev–Trinajstić information content (AvgIpc) is 2.84. The van der Waals surface area contributed by atoms with Crippen LogP contribution < -0.4 is 11.1 Å². The fourth-order valence-corrected chi connectivity index (χ4v) is 1.64. The second-order valence-electron chi connectivity index (χ2n) is 4.20. The fourth-order valence-electron chi connectivity index (χ4n) is 1.64. The molecule has 0 aliphatic rings. The predicted molar refractivity (Wildman–Crippen MR) is 68.0 cm³/mol. The smallest absolute Gasteiger partial charge is 0.250 e. The lowest BCUT2D eigenvalue weighted by Crippen LogP contribution is -2.43. The summed E-state index contributed by atoms with van der Waals surface area (Å²) in [5.74, 6) is 0.598. The van der Waals surface area contributed by atoms with Crippen molar-refractivity contribution in [1.82, 2.24) is 10.2 Å². The highest BCUT2D eigenvalue weighted by molar-refractivity contribution is 5.81. The van der Waals surface area contributed by atoms with Gasteiger partial charge in [-0.3, -0.25) is 9.69 Å². The number of likely N-dealkylation sites (N-methyl/N-ethyl adjacent to an activating group) is 1. The number of hydrogen-bond acceptors (Lipinski definition) is 5. The molecule has 0 aromatic carbocycles. The van der Waals surface area contributed by atoms with Crippen molar-refractivity contribution in [1.29, 1.82) is 0 Å². The Morgan fingerprint density at radius 1 is 1.61 bits per heavy atom. The Bertz CT molecular complexity index is 347. The molecule has 6 heteroatoms. The third kappa shape index (κ3) is 3.83. The minimum atomic E-state index is -0.607. The Morgan fingerprint density at radius 3 is 2.78 bits per heavy atom. The largest absolute Gasteiger partial charge is 0.468 e. The van der Waals surface area contributed by atoms with E-state index in [0.717, 1.165) is 5.76 Å². The molecule has 102 valence electrons. The maximum absolute atomic E-state index is 11.7. The maximum Gasteiger partial charge on any atom is 0.250 e. The van der Waals surface area contributed by atoms with E-state index in [4.69, 9.17) is 14.9 Å². The highest BCUT2D eigenvalue weighted by Crippen LogP contribution is 2.17. The molecule has 0 saturated heterocycles. The summed E-state index contributed by atoms with van der Waals surface area (Å²) in [4.78, 5) is 13.7. The Labute approximate surface area is 107 Å². The number of rotatable bonds is 7. The van der Waals surface area contributed by atoms with E-state index >= 15 is 0 Å². The number of nitrogens with one attached hydrogen (secondary N) is 1. The number of nitrogens with two attached hydrogens (primary N) is 1. The zero-order valence-electron chi connectivity index (χ0n) is 11.1. The third-order valence-corrected chi connectivity index (χ3v) is 2.76. The Hall–Kier alpha value is -1.37. The molecule has 0 radical (unpaired) electrons. The van der Waals surface area contributed by atoms with E-state index in [1.807, 2.05) is 31.1 Å². The van der Waals surface area contributed by atoms with Gasteiger partial charge in [-0.1, -0.05) is 0 Å². The SMILES string of the molecule is COC(CN)C(=O)NCC(c1ccco1)N(C)C. The van der Waals surface area contributed by atoms with Crippen LogP contribution in [0.15, 0.2) is 22.8 Å². The van der Waals surface area contributed by atoms with Gasteiger partial charge >= 0.3 is 0 Å².